The van der Waals surface area contributed by atoms with Gasteiger partial charge in [-0.1, -0.05) is 18.2 Å². The van der Waals surface area contributed by atoms with Gasteiger partial charge in [0.15, 0.2) is 0 Å². The standard InChI is InChI=1S/C14H15N3O3/c1-2-20-14(19)8-13(18)16-11-9-15-17(10-11)12-6-4-3-5-7-12/h3-7,9-10H,2,8H2,1H3,(H,16,18). The van der Waals surface area contributed by atoms with Gasteiger partial charge in [0.25, 0.3) is 0 Å². The van der Waals surface area contributed by atoms with Gasteiger partial charge in [-0.3, -0.25) is 9.59 Å². The molecule has 0 aliphatic heterocycles. The minimum atomic E-state index is -0.541. The van der Waals surface area contributed by atoms with Crippen molar-refractivity contribution in [3.8, 4) is 5.69 Å². The van der Waals surface area contributed by atoms with E-state index in [0.29, 0.717) is 5.69 Å². The summed E-state index contributed by atoms with van der Waals surface area (Å²) in [6.45, 7) is 1.96. The number of carbonyl (C=O) groups is 2. The second-order valence-electron chi connectivity index (χ2n) is 4.04. The number of nitrogens with zero attached hydrogens (tertiary/aromatic N) is 2. The SMILES string of the molecule is CCOC(=O)CC(=O)Nc1cnn(-c2ccccc2)c1. The predicted octanol–water partition coefficient (Wildman–Crippen LogP) is 1.76. The van der Waals surface area contributed by atoms with Gasteiger partial charge in [0.05, 0.1) is 30.4 Å². The normalized spacial score (nSPS) is 10.1. The third-order valence-corrected chi connectivity index (χ3v) is 2.50. The van der Waals surface area contributed by atoms with Gasteiger partial charge in [-0.25, -0.2) is 4.68 Å². The highest BCUT2D eigenvalue weighted by Crippen LogP contribution is 2.11. The highest BCUT2D eigenvalue weighted by molar-refractivity contribution is 6.01. The van der Waals surface area contributed by atoms with Crippen molar-refractivity contribution in [1.29, 1.82) is 0 Å². The minimum absolute atomic E-state index is 0.262. The van der Waals surface area contributed by atoms with Crippen LogP contribution in [0.3, 0.4) is 0 Å². The van der Waals surface area contributed by atoms with Crippen LogP contribution in [-0.2, 0) is 14.3 Å². The Morgan fingerprint density at radius 2 is 2.05 bits per heavy atom. The fourth-order valence-corrected chi connectivity index (χ4v) is 1.66. The maximum absolute atomic E-state index is 11.6. The zero-order chi connectivity index (χ0) is 14.4. The molecule has 0 spiro atoms. The molecule has 104 valence electrons. The number of esters is 1. The van der Waals surface area contributed by atoms with E-state index in [1.807, 2.05) is 30.3 Å². The molecule has 0 aliphatic rings. The van der Waals surface area contributed by atoms with Crippen molar-refractivity contribution in [2.45, 2.75) is 13.3 Å². The first kappa shape index (κ1) is 13.8. The van der Waals surface area contributed by atoms with E-state index in [1.165, 1.54) is 6.20 Å². The van der Waals surface area contributed by atoms with Gasteiger partial charge in [0, 0.05) is 0 Å². The zero-order valence-electron chi connectivity index (χ0n) is 11.1. The lowest BCUT2D eigenvalue weighted by Gasteiger charge is -2.02. The molecule has 1 aromatic carbocycles. The molecule has 1 N–H and O–H groups in total. The Labute approximate surface area is 116 Å². The van der Waals surface area contributed by atoms with E-state index < -0.39 is 11.9 Å². The zero-order valence-corrected chi connectivity index (χ0v) is 11.1. The minimum Gasteiger partial charge on any atom is -0.466 e. The van der Waals surface area contributed by atoms with E-state index in [9.17, 15) is 9.59 Å². The van der Waals surface area contributed by atoms with Crippen LogP contribution in [0.1, 0.15) is 13.3 Å². The highest BCUT2D eigenvalue weighted by Gasteiger charge is 2.11. The second kappa shape index (κ2) is 6.51. The topological polar surface area (TPSA) is 73.2 Å². The Balaban J connectivity index is 1.96. The van der Waals surface area contributed by atoms with Crippen LogP contribution in [0.25, 0.3) is 5.69 Å². The molecule has 0 saturated heterocycles. The maximum Gasteiger partial charge on any atom is 0.315 e. The molecule has 0 radical (unpaired) electrons. The van der Waals surface area contributed by atoms with Crippen LogP contribution < -0.4 is 5.32 Å². The van der Waals surface area contributed by atoms with Crippen molar-refractivity contribution in [3.63, 3.8) is 0 Å². The third-order valence-electron chi connectivity index (χ3n) is 2.50. The summed E-state index contributed by atoms with van der Waals surface area (Å²) in [7, 11) is 0. The Kier molecular flexibility index (Phi) is 4.49. The molecule has 6 heteroatoms. The summed E-state index contributed by atoms with van der Waals surface area (Å²) >= 11 is 0. The van der Waals surface area contributed by atoms with Crippen LogP contribution >= 0.6 is 0 Å². The molecule has 1 heterocycles. The molecule has 0 aliphatic carbocycles. The Morgan fingerprint density at radius 3 is 2.75 bits per heavy atom. The van der Waals surface area contributed by atoms with Gasteiger partial charge in [0.1, 0.15) is 6.42 Å². The van der Waals surface area contributed by atoms with Crippen LogP contribution in [0.4, 0.5) is 5.69 Å². The molecule has 6 nitrogen and oxygen atoms in total. The molecule has 1 aromatic heterocycles. The number of carbonyl (C=O) groups excluding carboxylic acids is 2. The average Bonchev–Trinajstić information content (AvgIpc) is 2.88. The van der Waals surface area contributed by atoms with Crippen molar-refractivity contribution in [3.05, 3.63) is 42.7 Å². The van der Waals surface area contributed by atoms with Crippen molar-refractivity contribution in [2.24, 2.45) is 0 Å². The number of para-hydroxylation sites is 1. The molecule has 0 unspecified atom stereocenters. The van der Waals surface area contributed by atoms with Crippen molar-refractivity contribution in [2.75, 3.05) is 11.9 Å². The summed E-state index contributed by atoms with van der Waals surface area (Å²) in [5, 5.41) is 6.74. The number of ether oxygens (including phenoxy) is 1. The first-order valence-electron chi connectivity index (χ1n) is 6.24. The van der Waals surface area contributed by atoms with Crippen LogP contribution in [0.15, 0.2) is 42.7 Å². The highest BCUT2D eigenvalue weighted by atomic mass is 16.5. The molecule has 1 amide bonds. The van der Waals surface area contributed by atoms with E-state index in [4.69, 9.17) is 4.74 Å². The molecule has 0 atom stereocenters. The van der Waals surface area contributed by atoms with E-state index in [2.05, 4.69) is 10.4 Å². The number of anilines is 1. The summed E-state index contributed by atoms with van der Waals surface area (Å²) < 4.78 is 6.34. The Morgan fingerprint density at radius 1 is 1.30 bits per heavy atom. The lowest BCUT2D eigenvalue weighted by atomic mass is 10.3. The molecular formula is C14H15N3O3. The summed E-state index contributed by atoms with van der Waals surface area (Å²) in [6.07, 6.45) is 2.90. The van der Waals surface area contributed by atoms with E-state index in [1.54, 1.807) is 17.8 Å². The summed E-state index contributed by atoms with van der Waals surface area (Å²) in [5.74, 6) is -0.962. The summed E-state index contributed by atoms with van der Waals surface area (Å²) in [4.78, 5) is 22.8. The Hall–Kier alpha value is -2.63. The van der Waals surface area contributed by atoms with E-state index in [0.717, 1.165) is 5.69 Å². The summed E-state index contributed by atoms with van der Waals surface area (Å²) in [5.41, 5.74) is 1.42. The molecule has 20 heavy (non-hydrogen) atoms. The number of hydrogen-bond acceptors (Lipinski definition) is 4. The van der Waals surface area contributed by atoms with E-state index in [-0.39, 0.29) is 13.0 Å². The van der Waals surface area contributed by atoms with Gasteiger partial charge >= 0.3 is 5.97 Å². The van der Waals surface area contributed by atoms with Crippen molar-refractivity contribution < 1.29 is 14.3 Å². The van der Waals surface area contributed by atoms with Crippen LogP contribution in [0, 0.1) is 0 Å². The molecule has 0 bridgehead atoms. The number of nitrogens with one attached hydrogen (secondary N) is 1. The van der Waals surface area contributed by atoms with E-state index >= 15 is 0 Å². The quantitative estimate of drug-likeness (QED) is 0.665. The maximum atomic E-state index is 11.6. The summed E-state index contributed by atoms with van der Waals surface area (Å²) in [6, 6.07) is 9.51. The van der Waals surface area contributed by atoms with Gasteiger partial charge in [-0.05, 0) is 19.1 Å². The molecule has 2 aromatic rings. The number of rotatable bonds is 5. The predicted molar refractivity (Wildman–Crippen MR) is 73.4 cm³/mol. The molecular weight excluding hydrogens is 258 g/mol. The van der Waals surface area contributed by atoms with Crippen molar-refractivity contribution in [1.82, 2.24) is 9.78 Å². The van der Waals surface area contributed by atoms with Gasteiger partial charge < -0.3 is 10.1 Å². The fraction of sp³-hybridized carbons (Fsp3) is 0.214. The largest absolute Gasteiger partial charge is 0.466 e. The average molecular weight is 273 g/mol. The van der Waals surface area contributed by atoms with Crippen molar-refractivity contribution >= 4 is 17.6 Å². The fourth-order valence-electron chi connectivity index (χ4n) is 1.66. The Bertz CT molecular complexity index is 593. The number of aromatic nitrogens is 2. The first-order valence-corrected chi connectivity index (χ1v) is 6.24. The molecule has 0 fully saturated rings. The van der Waals surface area contributed by atoms with Gasteiger partial charge in [-0.2, -0.15) is 5.10 Å². The van der Waals surface area contributed by atoms with Crippen LogP contribution in [-0.4, -0.2) is 28.3 Å². The number of amides is 1. The lowest BCUT2D eigenvalue weighted by Crippen LogP contribution is -2.17. The third kappa shape index (κ3) is 3.68. The van der Waals surface area contributed by atoms with Gasteiger partial charge in [-0.15, -0.1) is 0 Å². The van der Waals surface area contributed by atoms with Crippen LogP contribution in [0.2, 0.25) is 0 Å². The monoisotopic (exact) mass is 273 g/mol. The second-order valence-corrected chi connectivity index (χ2v) is 4.04. The molecule has 0 saturated carbocycles. The lowest BCUT2D eigenvalue weighted by molar-refractivity contribution is -0.145. The van der Waals surface area contributed by atoms with Crippen LogP contribution in [0.5, 0.6) is 0 Å². The number of benzene rings is 1. The first-order chi connectivity index (χ1) is 9.69. The molecule has 2 rings (SSSR count). The van der Waals surface area contributed by atoms with Gasteiger partial charge in [0.2, 0.25) is 5.91 Å². The smallest absolute Gasteiger partial charge is 0.315 e. The number of hydrogen-bond donors (Lipinski definition) is 1.